The van der Waals surface area contributed by atoms with Gasteiger partial charge in [-0.05, 0) is 0 Å². The SMILES string of the molecule is C=C[CH2][Sn]([CH2]C=C)([CH2]CCC)[CH2]C[CH2][Sn]([CH2]CCC)([CH2]CCC)[CH2]CCC. The fraction of sp³-hybridized carbons (Fsp3) is 0.840. The molecule has 0 aliphatic heterocycles. The minimum atomic E-state index is -2.07. The molecule has 160 valence electrons. The van der Waals surface area contributed by atoms with Crippen LogP contribution < -0.4 is 0 Å². The zero-order chi connectivity index (χ0) is 20.4. The van der Waals surface area contributed by atoms with Crippen molar-refractivity contribution in [3.63, 3.8) is 0 Å². The summed E-state index contributed by atoms with van der Waals surface area (Å²) in [6, 6.07) is 0. The number of unbranched alkanes of at least 4 members (excludes halogenated alkanes) is 4. The predicted molar refractivity (Wildman–Crippen MR) is 135 cm³/mol. The van der Waals surface area contributed by atoms with Gasteiger partial charge in [-0.2, -0.15) is 0 Å². The first kappa shape index (κ1) is 28.1. The van der Waals surface area contributed by atoms with Gasteiger partial charge in [0.15, 0.2) is 0 Å². The van der Waals surface area contributed by atoms with Crippen LogP contribution in [0.4, 0.5) is 0 Å². The van der Waals surface area contributed by atoms with Crippen LogP contribution in [-0.4, -0.2) is 36.8 Å². The third-order valence-corrected chi connectivity index (χ3v) is 37.6. The third-order valence-electron chi connectivity index (χ3n) is 6.81. The van der Waals surface area contributed by atoms with Crippen LogP contribution in [0, 0.1) is 0 Å². The molecule has 0 spiro atoms. The zero-order valence-corrected chi connectivity index (χ0v) is 25.3. The van der Waals surface area contributed by atoms with Crippen LogP contribution in [0.2, 0.25) is 35.5 Å². The van der Waals surface area contributed by atoms with Gasteiger partial charge in [0.05, 0.1) is 0 Å². The molecular weight excluding hydrogens is 538 g/mol. The molecule has 0 aliphatic rings. The van der Waals surface area contributed by atoms with Crippen molar-refractivity contribution in [3.8, 4) is 0 Å². The Balaban J connectivity index is 5.12. The molecule has 0 bridgehead atoms. The normalized spacial score (nSPS) is 12.3. The van der Waals surface area contributed by atoms with Gasteiger partial charge in [0.25, 0.3) is 0 Å². The quantitative estimate of drug-likeness (QED) is 0.0979. The average Bonchev–Trinajstić information content (AvgIpc) is 2.67. The van der Waals surface area contributed by atoms with Crippen LogP contribution >= 0.6 is 0 Å². The van der Waals surface area contributed by atoms with Gasteiger partial charge < -0.3 is 0 Å². The second-order valence-corrected chi connectivity index (χ2v) is 37.3. The van der Waals surface area contributed by atoms with E-state index in [0.717, 1.165) is 0 Å². The summed E-state index contributed by atoms with van der Waals surface area (Å²) in [6.07, 6.45) is 17.7. The Kier molecular flexibility index (Phi) is 18.6. The Hall–Kier alpha value is 1.08. The number of hydrogen-bond donors (Lipinski definition) is 0. The molecular formula is C25H52Sn2. The molecule has 2 heteroatoms. The zero-order valence-electron chi connectivity index (χ0n) is 19.6. The average molecular weight is 590 g/mol. The Morgan fingerprint density at radius 3 is 1.11 bits per heavy atom. The van der Waals surface area contributed by atoms with E-state index < -0.39 is 36.8 Å². The van der Waals surface area contributed by atoms with Gasteiger partial charge in [-0.1, -0.05) is 0 Å². The van der Waals surface area contributed by atoms with Crippen LogP contribution in [0.5, 0.6) is 0 Å². The van der Waals surface area contributed by atoms with Gasteiger partial charge in [-0.25, -0.2) is 0 Å². The van der Waals surface area contributed by atoms with Gasteiger partial charge in [0, 0.05) is 0 Å². The fourth-order valence-corrected chi connectivity index (χ4v) is 37.1. The first-order chi connectivity index (χ1) is 13.1. The van der Waals surface area contributed by atoms with Crippen LogP contribution in [0.15, 0.2) is 25.3 Å². The van der Waals surface area contributed by atoms with Crippen LogP contribution in [-0.2, 0) is 0 Å². The first-order valence-electron chi connectivity index (χ1n) is 12.3. The molecule has 0 N–H and O–H groups in total. The van der Waals surface area contributed by atoms with E-state index >= 15 is 0 Å². The van der Waals surface area contributed by atoms with E-state index in [1.165, 1.54) is 60.2 Å². The van der Waals surface area contributed by atoms with E-state index in [0.29, 0.717) is 0 Å². The van der Waals surface area contributed by atoms with Crippen molar-refractivity contribution in [2.75, 3.05) is 0 Å². The summed E-state index contributed by atoms with van der Waals surface area (Å²) in [4.78, 5) is 0. The van der Waals surface area contributed by atoms with Crippen molar-refractivity contribution in [3.05, 3.63) is 25.3 Å². The predicted octanol–water partition coefficient (Wildman–Crippen LogP) is 9.85. The number of allylic oxidation sites excluding steroid dienone is 2. The summed E-state index contributed by atoms with van der Waals surface area (Å²) >= 11 is -3.99. The molecule has 0 aromatic carbocycles. The maximum atomic E-state index is 4.15. The van der Waals surface area contributed by atoms with Crippen molar-refractivity contribution in [2.45, 2.75) is 121 Å². The summed E-state index contributed by atoms with van der Waals surface area (Å²) in [5, 5.41) is 0. The Bertz CT molecular complexity index is 330. The van der Waals surface area contributed by atoms with Crippen molar-refractivity contribution in [1.82, 2.24) is 0 Å². The Morgan fingerprint density at radius 2 is 0.778 bits per heavy atom. The summed E-state index contributed by atoms with van der Waals surface area (Å²) < 4.78 is 12.7. The third kappa shape index (κ3) is 12.4. The molecule has 27 heavy (non-hydrogen) atoms. The molecule has 0 amide bonds. The van der Waals surface area contributed by atoms with Gasteiger partial charge >= 0.3 is 183 Å². The van der Waals surface area contributed by atoms with E-state index in [9.17, 15) is 0 Å². The van der Waals surface area contributed by atoms with Gasteiger partial charge in [-0.3, -0.25) is 0 Å². The first-order valence-corrected chi connectivity index (χ1v) is 28.4. The maximum absolute atomic E-state index is 4.15. The second kappa shape index (κ2) is 17.9. The molecule has 0 aromatic heterocycles. The van der Waals surface area contributed by atoms with E-state index in [-0.39, 0.29) is 0 Å². The van der Waals surface area contributed by atoms with Gasteiger partial charge in [-0.15, -0.1) is 0 Å². The van der Waals surface area contributed by atoms with E-state index in [1.807, 2.05) is 0 Å². The molecule has 0 unspecified atom stereocenters. The van der Waals surface area contributed by atoms with Gasteiger partial charge in [0.1, 0.15) is 0 Å². The monoisotopic (exact) mass is 592 g/mol. The van der Waals surface area contributed by atoms with Crippen LogP contribution in [0.3, 0.4) is 0 Å². The topological polar surface area (TPSA) is 0 Å². The molecule has 0 atom stereocenters. The Morgan fingerprint density at radius 1 is 0.481 bits per heavy atom. The van der Waals surface area contributed by atoms with Crippen molar-refractivity contribution in [2.24, 2.45) is 0 Å². The van der Waals surface area contributed by atoms with Crippen molar-refractivity contribution in [1.29, 1.82) is 0 Å². The van der Waals surface area contributed by atoms with Crippen molar-refractivity contribution >= 4 is 36.8 Å². The molecule has 0 saturated heterocycles. The fourth-order valence-electron chi connectivity index (χ4n) is 5.02. The summed E-state index contributed by atoms with van der Waals surface area (Å²) in [7, 11) is 0. The second-order valence-electron chi connectivity index (χ2n) is 9.25. The summed E-state index contributed by atoms with van der Waals surface area (Å²) in [5.74, 6) is 0. The molecule has 0 aromatic rings. The summed E-state index contributed by atoms with van der Waals surface area (Å²) in [5.41, 5.74) is 0. The van der Waals surface area contributed by atoms with Crippen LogP contribution in [0.1, 0.15) is 85.5 Å². The molecule has 0 aliphatic carbocycles. The number of hydrogen-bond acceptors (Lipinski definition) is 0. The minimum absolute atomic E-state index is 1.36. The summed E-state index contributed by atoms with van der Waals surface area (Å²) in [6.45, 7) is 17.9. The van der Waals surface area contributed by atoms with E-state index in [4.69, 9.17) is 0 Å². The molecule has 0 fully saturated rings. The Labute approximate surface area is 181 Å². The molecule has 0 saturated carbocycles. The molecule has 0 nitrogen and oxygen atoms in total. The van der Waals surface area contributed by atoms with Crippen molar-refractivity contribution < 1.29 is 0 Å². The standard InChI is InChI=1S/4C4H9.C3H6.2C3H5.2Sn/c4*1-3-4-2;3*1-3-2;;/h4*1,3-4H2,2H3;1-3H2;2*3H,1-2H2;;. The van der Waals surface area contributed by atoms with E-state index in [2.05, 4.69) is 53.0 Å². The number of rotatable bonds is 20. The van der Waals surface area contributed by atoms with E-state index in [1.54, 1.807) is 33.0 Å². The van der Waals surface area contributed by atoms with Gasteiger partial charge in [0.2, 0.25) is 0 Å². The molecule has 0 rings (SSSR count). The van der Waals surface area contributed by atoms with Crippen LogP contribution in [0.25, 0.3) is 0 Å². The molecule has 0 radical (unpaired) electrons. The molecule has 0 heterocycles.